The number of fused-ring (bicyclic) bond motifs is 1. The standard InChI is InChI=1S/C18H12ClNO4/c19-14-8-9-17(20(22)23)16(10-14)18(21)24-11-13-6-3-5-12-4-1-2-7-15(12)13/h1-10H,11H2. The Balaban J connectivity index is 1.86. The predicted octanol–water partition coefficient (Wildman–Crippen LogP) is 4.76. The Morgan fingerprint density at radius 2 is 1.83 bits per heavy atom. The van der Waals surface area contributed by atoms with Gasteiger partial charge < -0.3 is 4.74 Å². The Bertz CT molecular complexity index is 934. The summed E-state index contributed by atoms with van der Waals surface area (Å²) in [7, 11) is 0. The number of ether oxygens (including phenoxy) is 1. The molecule has 0 bridgehead atoms. The smallest absolute Gasteiger partial charge is 0.345 e. The normalized spacial score (nSPS) is 10.5. The Morgan fingerprint density at radius 3 is 2.62 bits per heavy atom. The first kappa shape index (κ1) is 16.0. The average molecular weight is 342 g/mol. The van der Waals surface area contributed by atoms with Gasteiger partial charge in [-0.05, 0) is 28.5 Å². The number of hydrogen-bond donors (Lipinski definition) is 0. The Hall–Kier alpha value is -2.92. The van der Waals surface area contributed by atoms with Crippen molar-refractivity contribution < 1.29 is 14.5 Å². The molecule has 0 aliphatic carbocycles. The number of nitro groups is 1. The second-order valence-corrected chi connectivity index (χ2v) is 5.57. The van der Waals surface area contributed by atoms with Crippen LogP contribution >= 0.6 is 11.6 Å². The van der Waals surface area contributed by atoms with Crippen LogP contribution in [-0.2, 0) is 11.3 Å². The van der Waals surface area contributed by atoms with E-state index in [4.69, 9.17) is 16.3 Å². The lowest BCUT2D eigenvalue weighted by atomic mass is 10.1. The van der Waals surface area contributed by atoms with Gasteiger partial charge in [0.1, 0.15) is 12.2 Å². The van der Waals surface area contributed by atoms with Crippen LogP contribution in [0.3, 0.4) is 0 Å². The molecule has 24 heavy (non-hydrogen) atoms. The number of rotatable bonds is 4. The highest BCUT2D eigenvalue weighted by Gasteiger charge is 2.22. The summed E-state index contributed by atoms with van der Waals surface area (Å²) in [4.78, 5) is 22.7. The van der Waals surface area contributed by atoms with Crippen LogP contribution in [0.2, 0.25) is 5.02 Å². The number of carbonyl (C=O) groups excluding carboxylic acids is 1. The molecule has 3 rings (SSSR count). The van der Waals surface area contributed by atoms with Crippen molar-refractivity contribution in [2.24, 2.45) is 0 Å². The molecule has 0 N–H and O–H groups in total. The van der Waals surface area contributed by atoms with Crippen LogP contribution in [0.4, 0.5) is 5.69 Å². The molecule has 0 saturated heterocycles. The van der Waals surface area contributed by atoms with E-state index in [9.17, 15) is 14.9 Å². The average Bonchev–Trinajstić information content (AvgIpc) is 2.59. The van der Waals surface area contributed by atoms with E-state index in [1.807, 2.05) is 42.5 Å². The maximum absolute atomic E-state index is 12.2. The Labute approximate surface area is 142 Å². The van der Waals surface area contributed by atoms with Gasteiger partial charge in [-0.3, -0.25) is 10.1 Å². The van der Waals surface area contributed by atoms with Gasteiger partial charge in [-0.25, -0.2) is 4.79 Å². The van der Waals surface area contributed by atoms with E-state index in [1.165, 1.54) is 18.2 Å². The molecule has 3 aromatic carbocycles. The van der Waals surface area contributed by atoms with Crippen LogP contribution in [0.25, 0.3) is 10.8 Å². The minimum atomic E-state index is -0.780. The van der Waals surface area contributed by atoms with Gasteiger partial charge in [0.2, 0.25) is 0 Å². The van der Waals surface area contributed by atoms with Gasteiger partial charge in [-0.1, -0.05) is 54.1 Å². The van der Waals surface area contributed by atoms with E-state index < -0.39 is 10.9 Å². The highest BCUT2D eigenvalue weighted by molar-refractivity contribution is 6.31. The molecule has 0 unspecified atom stereocenters. The van der Waals surface area contributed by atoms with Gasteiger partial charge in [0.25, 0.3) is 5.69 Å². The SMILES string of the molecule is O=C(OCc1cccc2ccccc12)c1cc(Cl)ccc1[N+](=O)[O-]. The van der Waals surface area contributed by atoms with Crippen molar-refractivity contribution >= 4 is 34.0 Å². The lowest BCUT2D eigenvalue weighted by Gasteiger charge is -2.08. The molecular weight excluding hydrogens is 330 g/mol. The number of benzene rings is 3. The topological polar surface area (TPSA) is 69.4 Å². The number of nitro benzene ring substituents is 1. The molecule has 0 aliphatic heterocycles. The van der Waals surface area contributed by atoms with Crippen LogP contribution in [0.5, 0.6) is 0 Å². The summed E-state index contributed by atoms with van der Waals surface area (Å²) in [5, 5.41) is 13.3. The number of nitrogens with zero attached hydrogens (tertiary/aromatic N) is 1. The third kappa shape index (κ3) is 3.21. The second-order valence-electron chi connectivity index (χ2n) is 5.13. The molecule has 0 spiro atoms. The summed E-state index contributed by atoms with van der Waals surface area (Å²) in [6.07, 6.45) is 0. The van der Waals surface area contributed by atoms with E-state index in [2.05, 4.69) is 0 Å². The third-order valence-electron chi connectivity index (χ3n) is 3.61. The van der Waals surface area contributed by atoms with Crippen LogP contribution in [0, 0.1) is 10.1 Å². The summed E-state index contributed by atoms with van der Waals surface area (Å²) in [5.74, 6) is -0.780. The zero-order valence-corrected chi connectivity index (χ0v) is 13.2. The molecule has 0 amide bonds. The molecule has 0 fully saturated rings. The van der Waals surface area contributed by atoms with E-state index in [-0.39, 0.29) is 22.9 Å². The summed E-state index contributed by atoms with van der Waals surface area (Å²) in [5.41, 5.74) is 0.334. The third-order valence-corrected chi connectivity index (χ3v) is 3.85. The maximum Gasteiger partial charge on any atom is 0.345 e. The van der Waals surface area contributed by atoms with Crippen molar-refractivity contribution in [1.82, 2.24) is 0 Å². The van der Waals surface area contributed by atoms with Gasteiger partial charge in [0, 0.05) is 11.1 Å². The van der Waals surface area contributed by atoms with Gasteiger partial charge in [0.15, 0.2) is 0 Å². The Morgan fingerprint density at radius 1 is 1.08 bits per heavy atom. The first-order valence-electron chi connectivity index (χ1n) is 7.14. The first-order chi connectivity index (χ1) is 11.6. The zero-order valence-electron chi connectivity index (χ0n) is 12.4. The Kier molecular flexibility index (Phi) is 4.44. The quantitative estimate of drug-likeness (QED) is 0.390. The molecule has 0 aliphatic rings. The second kappa shape index (κ2) is 6.68. The fourth-order valence-electron chi connectivity index (χ4n) is 2.47. The van der Waals surface area contributed by atoms with Crippen molar-refractivity contribution in [3.05, 3.63) is 86.9 Å². The van der Waals surface area contributed by atoms with Crippen molar-refractivity contribution in [2.45, 2.75) is 6.61 Å². The molecule has 0 aromatic heterocycles. The van der Waals surface area contributed by atoms with Crippen molar-refractivity contribution in [2.75, 3.05) is 0 Å². The molecule has 120 valence electrons. The zero-order chi connectivity index (χ0) is 17.1. The van der Waals surface area contributed by atoms with Crippen LogP contribution in [0.15, 0.2) is 60.7 Å². The van der Waals surface area contributed by atoms with E-state index in [1.54, 1.807) is 0 Å². The fraction of sp³-hybridized carbons (Fsp3) is 0.0556. The van der Waals surface area contributed by atoms with Crippen molar-refractivity contribution in [3.63, 3.8) is 0 Å². The van der Waals surface area contributed by atoms with Crippen LogP contribution < -0.4 is 0 Å². The molecule has 3 aromatic rings. The van der Waals surface area contributed by atoms with Gasteiger partial charge in [0.05, 0.1) is 4.92 Å². The lowest BCUT2D eigenvalue weighted by Crippen LogP contribution is -2.08. The molecule has 0 radical (unpaired) electrons. The molecule has 0 saturated carbocycles. The predicted molar refractivity (Wildman–Crippen MR) is 91.2 cm³/mol. The van der Waals surface area contributed by atoms with E-state index >= 15 is 0 Å². The van der Waals surface area contributed by atoms with Crippen molar-refractivity contribution in [1.29, 1.82) is 0 Å². The summed E-state index contributed by atoms with van der Waals surface area (Å²) in [6.45, 7) is 0.0177. The molecule has 0 heterocycles. The molecule has 5 nitrogen and oxygen atoms in total. The van der Waals surface area contributed by atoms with Crippen molar-refractivity contribution in [3.8, 4) is 0 Å². The maximum atomic E-state index is 12.2. The number of carbonyl (C=O) groups is 1. The first-order valence-corrected chi connectivity index (χ1v) is 7.52. The largest absolute Gasteiger partial charge is 0.457 e. The molecular formula is C18H12ClNO4. The highest BCUT2D eigenvalue weighted by Crippen LogP contribution is 2.25. The monoisotopic (exact) mass is 341 g/mol. The highest BCUT2D eigenvalue weighted by atomic mass is 35.5. The van der Waals surface area contributed by atoms with Gasteiger partial charge in [-0.2, -0.15) is 0 Å². The van der Waals surface area contributed by atoms with Gasteiger partial charge >= 0.3 is 5.97 Å². The molecule has 6 heteroatoms. The summed E-state index contributed by atoms with van der Waals surface area (Å²) >= 11 is 5.83. The molecule has 0 atom stereocenters. The van der Waals surface area contributed by atoms with Crippen LogP contribution in [-0.4, -0.2) is 10.9 Å². The number of hydrogen-bond acceptors (Lipinski definition) is 4. The number of esters is 1. The lowest BCUT2D eigenvalue weighted by molar-refractivity contribution is -0.385. The van der Waals surface area contributed by atoms with E-state index in [0.29, 0.717) is 0 Å². The number of halogens is 1. The van der Waals surface area contributed by atoms with E-state index in [0.717, 1.165) is 16.3 Å². The van der Waals surface area contributed by atoms with Crippen LogP contribution in [0.1, 0.15) is 15.9 Å². The van der Waals surface area contributed by atoms with Gasteiger partial charge in [-0.15, -0.1) is 0 Å². The minimum absolute atomic E-state index is 0.0177. The fourth-order valence-corrected chi connectivity index (χ4v) is 2.64. The summed E-state index contributed by atoms with van der Waals surface area (Å²) < 4.78 is 5.27. The minimum Gasteiger partial charge on any atom is -0.457 e. The summed E-state index contributed by atoms with van der Waals surface area (Å²) in [6, 6.07) is 17.2.